The first-order valence-corrected chi connectivity index (χ1v) is 6.56. The molecule has 1 amide bonds. The molecule has 2 rings (SSSR count). The largest absolute Gasteiger partial charge is 0.396 e. The molecule has 2 aliphatic rings. The molecular weight excluding hydrogens is 220 g/mol. The zero-order valence-electron chi connectivity index (χ0n) is 10.2. The topological polar surface area (TPSA) is 61.8 Å². The molecule has 2 fully saturated rings. The lowest BCUT2D eigenvalue weighted by Crippen LogP contribution is -2.53. The van der Waals surface area contributed by atoms with Gasteiger partial charge in [-0.1, -0.05) is 0 Å². The molecular formula is C12H22N2O3. The van der Waals surface area contributed by atoms with E-state index < -0.39 is 0 Å². The molecule has 0 spiro atoms. The first-order chi connectivity index (χ1) is 8.33. The number of piperidine rings is 1. The van der Waals surface area contributed by atoms with Crippen LogP contribution in [0.2, 0.25) is 0 Å². The molecule has 2 unspecified atom stereocenters. The van der Waals surface area contributed by atoms with Gasteiger partial charge in [0.1, 0.15) is 6.10 Å². The Bertz CT molecular complexity index is 252. The highest BCUT2D eigenvalue weighted by Gasteiger charge is 2.32. The number of likely N-dealkylation sites (tertiary alicyclic amines) is 1. The maximum atomic E-state index is 12.3. The molecule has 2 N–H and O–H groups in total. The summed E-state index contributed by atoms with van der Waals surface area (Å²) in [5.74, 6) is 0.0929. The second kappa shape index (κ2) is 6.33. The zero-order valence-corrected chi connectivity index (χ0v) is 10.2. The van der Waals surface area contributed by atoms with Crippen molar-refractivity contribution in [2.24, 2.45) is 0 Å². The Morgan fingerprint density at radius 2 is 2.35 bits per heavy atom. The number of rotatable bonds is 3. The molecule has 0 radical (unpaired) electrons. The molecule has 17 heavy (non-hydrogen) atoms. The van der Waals surface area contributed by atoms with Gasteiger partial charge in [-0.15, -0.1) is 0 Å². The smallest absolute Gasteiger partial charge is 0.253 e. The number of carbonyl (C=O) groups is 1. The van der Waals surface area contributed by atoms with E-state index in [4.69, 9.17) is 9.84 Å². The number of morpholine rings is 1. The van der Waals surface area contributed by atoms with Gasteiger partial charge in [0.25, 0.3) is 5.91 Å². The van der Waals surface area contributed by atoms with Gasteiger partial charge in [0, 0.05) is 32.3 Å². The van der Waals surface area contributed by atoms with Gasteiger partial charge in [-0.3, -0.25) is 4.79 Å². The van der Waals surface area contributed by atoms with E-state index in [9.17, 15) is 4.79 Å². The van der Waals surface area contributed by atoms with Crippen molar-refractivity contribution in [2.75, 3.05) is 32.8 Å². The Hall–Kier alpha value is -0.650. The Balaban J connectivity index is 1.94. The molecule has 0 aromatic heterocycles. The summed E-state index contributed by atoms with van der Waals surface area (Å²) in [6, 6.07) is 0.201. The molecule has 2 atom stereocenters. The van der Waals surface area contributed by atoms with Crippen molar-refractivity contribution in [3.63, 3.8) is 0 Å². The van der Waals surface area contributed by atoms with Crippen LogP contribution in [0.1, 0.15) is 25.7 Å². The summed E-state index contributed by atoms with van der Waals surface area (Å²) in [6.07, 6.45) is 3.58. The fourth-order valence-electron chi connectivity index (χ4n) is 2.65. The van der Waals surface area contributed by atoms with Crippen molar-refractivity contribution in [3.05, 3.63) is 0 Å². The van der Waals surface area contributed by atoms with Crippen LogP contribution in [0.5, 0.6) is 0 Å². The Kier molecular flexibility index (Phi) is 4.76. The minimum absolute atomic E-state index is 0.0929. The normalized spacial score (nSPS) is 30.3. The van der Waals surface area contributed by atoms with Crippen LogP contribution in [0.25, 0.3) is 0 Å². The Labute approximate surface area is 102 Å². The van der Waals surface area contributed by atoms with Crippen molar-refractivity contribution in [1.29, 1.82) is 0 Å². The van der Waals surface area contributed by atoms with Crippen LogP contribution in [-0.4, -0.2) is 60.9 Å². The van der Waals surface area contributed by atoms with Gasteiger partial charge >= 0.3 is 0 Å². The number of amides is 1. The summed E-state index contributed by atoms with van der Waals surface area (Å²) in [7, 11) is 0. The predicted octanol–water partition coefficient (Wildman–Crippen LogP) is -0.262. The van der Waals surface area contributed by atoms with Crippen LogP contribution in [0.15, 0.2) is 0 Å². The number of nitrogens with one attached hydrogen (secondary N) is 1. The van der Waals surface area contributed by atoms with Gasteiger partial charge in [0.05, 0.1) is 6.61 Å². The van der Waals surface area contributed by atoms with E-state index in [-0.39, 0.29) is 24.7 Å². The maximum Gasteiger partial charge on any atom is 0.253 e. The van der Waals surface area contributed by atoms with Gasteiger partial charge < -0.3 is 20.1 Å². The van der Waals surface area contributed by atoms with E-state index >= 15 is 0 Å². The summed E-state index contributed by atoms with van der Waals surface area (Å²) in [5, 5.41) is 12.2. The van der Waals surface area contributed by atoms with Gasteiger partial charge in [0.15, 0.2) is 0 Å². The lowest BCUT2D eigenvalue weighted by atomic mass is 9.99. The number of hydrogen-bond acceptors (Lipinski definition) is 4. The van der Waals surface area contributed by atoms with Crippen LogP contribution in [0.3, 0.4) is 0 Å². The first-order valence-electron chi connectivity index (χ1n) is 6.56. The number of ether oxygens (including phenoxy) is 1. The van der Waals surface area contributed by atoms with Crippen LogP contribution >= 0.6 is 0 Å². The lowest BCUT2D eigenvalue weighted by molar-refractivity contribution is -0.149. The average molecular weight is 242 g/mol. The highest BCUT2D eigenvalue weighted by atomic mass is 16.5. The Morgan fingerprint density at radius 3 is 3.06 bits per heavy atom. The van der Waals surface area contributed by atoms with Crippen LogP contribution in [0, 0.1) is 0 Å². The van der Waals surface area contributed by atoms with Crippen molar-refractivity contribution < 1.29 is 14.6 Å². The monoisotopic (exact) mass is 242 g/mol. The molecule has 0 aromatic carbocycles. The van der Waals surface area contributed by atoms with Crippen LogP contribution in [-0.2, 0) is 9.53 Å². The second-order valence-electron chi connectivity index (χ2n) is 4.76. The highest BCUT2D eigenvalue weighted by Crippen LogP contribution is 2.21. The quantitative estimate of drug-likeness (QED) is 0.716. The minimum Gasteiger partial charge on any atom is -0.396 e. The highest BCUT2D eigenvalue weighted by molar-refractivity contribution is 5.81. The van der Waals surface area contributed by atoms with E-state index in [1.165, 1.54) is 0 Å². The van der Waals surface area contributed by atoms with Gasteiger partial charge in [-0.05, 0) is 25.7 Å². The number of aliphatic hydroxyl groups is 1. The third-order valence-electron chi connectivity index (χ3n) is 3.58. The molecule has 2 heterocycles. The van der Waals surface area contributed by atoms with Crippen LogP contribution < -0.4 is 5.32 Å². The van der Waals surface area contributed by atoms with E-state index in [1.807, 2.05) is 4.90 Å². The summed E-state index contributed by atoms with van der Waals surface area (Å²) < 4.78 is 5.50. The standard InChI is InChI=1S/C12H22N2O3/c15-7-4-10-3-1-2-6-14(10)12(16)11-9-13-5-8-17-11/h10-11,13,15H,1-9H2. The fraction of sp³-hybridized carbons (Fsp3) is 0.917. The van der Waals surface area contributed by atoms with Crippen LogP contribution in [0.4, 0.5) is 0 Å². The Morgan fingerprint density at radius 1 is 1.47 bits per heavy atom. The van der Waals surface area contributed by atoms with Gasteiger partial charge in [-0.2, -0.15) is 0 Å². The fourth-order valence-corrected chi connectivity index (χ4v) is 2.65. The maximum absolute atomic E-state index is 12.3. The number of aliphatic hydroxyl groups excluding tert-OH is 1. The van der Waals surface area contributed by atoms with Crippen molar-refractivity contribution >= 4 is 5.91 Å². The molecule has 5 heteroatoms. The lowest BCUT2D eigenvalue weighted by Gasteiger charge is -2.38. The second-order valence-corrected chi connectivity index (χ2v) is 4.76. The molecule has 5 nitrogen and oxygen atoms in total. The molecule has 0 saturated carbocycles. The molecule has 2 aliphatic heterocycles. The van der Waals surface area contributed by atoms with E-state index in [0.717, 1.165) is 32.4 Å². The summed E-state index contributed by atoms with van der Waals surface area (Å²) in [5.41, 5.74) is 0. The zero-order chi connectivity index (χ0) is 12.1. The van der Waals surface area contributed by atoms with E-state index in [1.54, 1.807) is 0 Å². The van der Waals surface area contributed by atoms with Gasteiger partial charge in [-0.25, -0.2) is 0 Å². The summed E-state index contributed by atoms with van der Waals surface area (Å²) in [6.45, 7) is 3.00. The molecule has 0 aromatic rings. The number of nitrogens with zero attached hydrogens (tertiary/aromatic N) is 1. The third-order valence-corrected chi connectivity index (χ3v) is 3.58. The SMILES string of the molecule is O=C(C1CNCCO1)N1CCCCC1CCO. The number of carbonyl (C=O) groups excluding carboxylic acids is 1. The first kappa shape index (κ1) is 12.8. The van der Waals surface area contributed by atoms with Gasteiger partial charge in [0.2, 0.25) is 0 Å². The predicted molar refractivity (Wildman–Crippen MR) is 63.7 cm³/mol. The van der Waals surface area contributed by atoms with E-state index in [2.05, 4.69) is 5.32 Å². The van der Waals surface area contributed by atoms with Crippen molar-refractivity contribution in [3.8, 4) is 0 Å². The molecule has 0 bridgehead atoms. The molecule has 2 saturated heterocycles. The minimum atomic E-state index is -0.331. The average Bonchev–Trinajstić information content (AvgIpc) is 2.40. The third kappa shape index (κ3) is 3.18. The van der Waals surface area contributed by atoms with Crippen molar-refractivity contribution in [2.45, 2.75) is 37.8 Å². The summed E-state index contributed by atoms with van der Waals surface area (Å²) in [4.78, 5) is 14.2. The summed E-state index contributed by atoms with van der Waals surface area (Å²) >= 11 is 0. The number of hydrogen-bond donors (Lipinski definition) is 2. The van der Waals surface area contributed by atoms with Crippen molar-refractivity contribution in [1.82, 2.24) is 10.2 Å². The van der Waals surface area contributed by atoms with E-state index in [0.29, 0.717) is 19.6 Å². The molecule has 0 aliphatic carbocycles. The molecule has 98 valence electrons.